The summed E-state index contributed by atoms with van der Waals surface area (Å²) in [6.45, 7) is 3.75. The summed E-state index contributed by atoms with van der Waals surface area (Å²) in [5.74, 6) is 0.616. The maximum Gasteiger partial charge on any atom is 0.255 e. The number of aryl methyl sites for hydroxylation is 1. The summed E-state index contributed by atoms with van der Waals surface area (Å²) in [7, 11) is 4.14. The number of carbonyl (C=O) groups excluding carboxylic acids is 1. The van der Waals surface area contributed by atoms with E-state index in [9.17, 15) is 4.79 Å². The van der Waals surface area contributed by atoms with E-state index in [0.717, 1.165) is 36.6 Å². The van der Waals surface area contributed by atoms with Gasteiger partial charge < -0.3 is 15.1 Å². The molecule has 150 valence electrons. The first-order valence-corrected chi connectivity index (χ1v) is 9.85. The maximum absolute atomic E-state index is 12.8. The fourth-order valence-corrected chi connectivity index (χ4v) is 3.16. The summed E-state index contributed by atoms with van der Waals surface area (Å²) in [5.41, 5.74) is 3.39. The van der Waals surface area contributed by atoms with Crippen LogP contribution in [0.15, 0.2) is 72.9 Å². The molecule has 0 atom stereocenters. The largest absolute Gasteiger partial charge is 0.325 e. The average molecular weight is 389 g/mol. The van der Waals surface area contributed by atoms with Crippen molar-refractivity contribution in [1.29, 1.82) is 0 Å². The highest BCUT2D eigenvalue weighted by atomic mass is 16.1. The Bertz CT molecular complexity index is 926. The smallest absolute Gasteiger partial charge is 0.255 e. The van der Waals surface area contributed by atoms with Crippen molar-refractivity contribution in [3.8, 4) is 0 Å². The minimum absolute atomic E-state index is 0.138. The third-order valence-corrected chi connectivity index (χ3v) is 4.60. The number of para-hydroxylation sites is 1. The molecule has 0 radical (unpaired) electrons. The molecule has 0 aliphatic carbocycles. The SMILES string of the molecule is Cc1cnc(N(CCCN(C)C)c2ccccc2)c(NC(=O)c2ccccc2)c1. The molecule has 0 bridgehead atoms. The Morgan fingerprint density at radius 3 is 2.28 bits per heavy atom. The summed E-state index contributed by atoms with van der Waals surface area (Å²) in [4.78, 5) is 21.8. The Hall–Kier alpha value is -3.18. The van der Waals surface area contributed by atoms with Gasteiger partial charge in [-0.1, -0.05) is 36.4 Å². The van der Waals surface area contributed by atoms with Gasteiger partial charge in [0.25, 0.3) is 5.91 Å². The summed E-state index contributed by atoms with van der Waals surface area (Å²) in [5, 5.41) is 3.06. The van der Waals surface area contributed by atoms with Gasteiger partial charge in [-0.05, 0) is 69.9 Å². The molecule has 0 aliphatic rings. The molecule has 0 saturated heterocycles. The van der Waals surface area contributed by atoms with E-state index in [-0.39, 0.29) is 5.91 Å². The zero-order valence-electron chi connectivity index (χ0n) is 17.3. The van der Waals surface area contributed by atoms with E-state index in [1.807, 2.05) is 67.7 Å². The highest BCUT2D eigenvalue weighted by Crippen LogP contribution is 2.31. The number of nitrogens with zero attached hydrogens (tertiary/aromatic N) is 3. The zero-order chi connectivity index (χ0) is 20.6. The van der Waals surface area contributed by atoms with Gasteiger partial charge in [0.1, 0.15) is 0 Å². The second kappa shape index (κ2) is 9.85. The number of hydrogen-bond donors (Lipinski definition) is 1. The fraction of sp³-hybridized carbons (Fsp3) is 0.250. The van der Waals surface area contributed by atoms with E-state index in [0.29, 0.717) is 11.3 Å². The Morgan fingerprint density at radius 2 is 1.62 bits per heavy atom. The lowest BCUT2D eigenvalue weighted by atomic mass is 10.2. The van der Waals surface area contributed by atoms with Crippen molar-refractivity contribution in [2.45, 2.75) is 13.3 Å². The molecule has 5 heteroatoms. The van der Waals surface area contributed by atoms with Crippen LogP contribution in [0.5, 0.6) is 0 Å². The number of rotatable bonds is 8. The molecule has 3 rings (SSSR count). The molecule has 0 aliphatic heterocycles. The Labute approximate surface area is 173 Å². The second-order valence-electron chi connectivity index (χ2n) is 7.35. The molecule has 1 N–H and O–H groups in total. The molecule has 3 aromatic rings. The van der Waals surface area contributed by atoms with E-state index < -0.39 is 0 Å². The van der Waals surface area contributed by atoms with Crippen molar-refractivity contribution in [3.63, 3.8) is 0 Å². The summed E-state index contributed by atoms with van der Waals surface area (Å²) in [6, 6.07) is 21.4. The van der Waals surface area contributed by atoms with E-state index in [1.165, 1.54) is 0 Å². The number of amides is 1. The van der Waals surface area contributed by atoms with Crippen LogP contribution < -0.4 is 10.2 Å². The Kier molecular flexibility index (Phi) is 6.98. The third kappa shape index (κ3) is 5.65. The Morgan fingerprint density at radius 1 is 0.966 bits per heavy atom. The standard InChI is InChI=1S/C24H28N4O/c1-19-17-22(26-24(29)20-11-6-4-7-12-20)23(25-18-19)28(16-10-15-27(2)3)21-13-8-5-9-14-21/h4-9,11-14,17-18H,10,15-16H2,1-3H3,(H,26,29). The number of anilines is 3. The van der Waals surface area contributed by atoms with Crippen molar-refractivity contribution in [1.82, 2.24) is 9.88 Å². The molecule has 0 fully saturated rings. The topological polar surface area (TPSA) is 48.5 Å². The highest BCUT2D eigenvalue weighted by Gasteiger charge is 2.17. The van der Waals surface area contributed by atoms with Crippen LogP contribution in [0.3, 0.4) is 0 Å². The first-order valence-electron chi connectivity index (χ1n) is 9.85. The molecule has 1 aromatic heterocycles. The first-order chi connectivity index (χ1) is 14.0. The molecule has 5 nitrogen and oxygen atoms in total. The van der Waals surface area contributed by atoms with Crippen molar-refractivity contribution >= 4 is 23.1 Å². The molecular weight excluding hydrogens is 360 g/mol. The van der Waals surface area contributed by atoms with Gasteiger partial charge >= 0.3 is 0 Å². The van der Waals surface area contributed by atoms with Gasteiger partial charge in [0, 0.05) is 24.0 Å². The average Bonchev–Trinajstić information content (AvgIpc) is 2.73. The minimum Gasteiger partial charge on any atom is -0.325 e. The van der Waals surface area contributed by atoms with Crippen LogP contribution in [0, 0.1) is 6.92 Å². The van der Waals surface area contributed by atoms with Crippen molar-refractivity contribution in [2.24, 2.45) is 0 Å². The number of carbonyl (C=O) groups is 1. The summed E-state index contributed by atoms with van der Waals surface area (Å²) in [6.07, 6.45) is 2.82. The molecule has 1 heterocycles. The van der Waals surface area contributed by atoms with Crippen LogP contribution >= 0.6 is 0 Å². The van der Waals surface area contributed by atoms with Crippen LogP contribution in [-0.2, 0) is 0 Å². The van der Waals surface area contributed by atoms with E-state index in [4.69, 9.17) is 4.98 Å². The van der Waals surface area contributed by atoms with Crippen LogP contribution in [0.1, 0.15) is 22.3 Å². The molecule has 1 amide bonds. The van der Waals surface area contributed by atoms with Gasteiger partial charge in [-0.15, -0.1) is 0 Å². The minimum atomic E-state index is -0.138. The molecular formula is C24H28N4O. The molecule has 0 spiro atoms. The van der Waals surface area contributed by atoms with Crippen molar-refractivity contribution < 1.29 is 4.79 Å². The predicted octanol–water partition coefficient (Wildman–Crippen LogP) is 4.73. The maximum atomic E-state index is 12.8. The van der Waals surface area contributed by atoms with Crippen molar-refractivity contribution in [3.05, 3.63) is 84.1 Å². The van der Waals surface area contributed by atoms with Gasteiger partial charge in [-0.25, -0.2) is 4.98 Å². The second-order valence-corrected chi connectivity index (χ2v) is 7.35. The zero-order valence-corrected chi connectivity index (χ0v) is 17.3. The number of benzene rings is 2. The summed E-state index contributed by atoms with van der Waals surface area (Å²) >= 11 is 0. The first kappa shape index (κ1) is 20.6. The number of aromatic nitrogens is 1. The molecule has 0 unspecified atom stereocenters. The lowest BCUT2D eigenvalue weighted by Crippen LogP contribution is -2.25. The fourth-order valence-electron chi connectivity index (χ4n) is 3.16. The third-order valence-electron chi connectivity index (χ3n) is 4.60. The lowest BCUT2D eigenvalue weighted by Gasteiger charge is -2.27. The molecule has 2 aromatic carbocycles. The van der Waals surface area contributed by atoms with Gasteiger partial charge in [0.2, 0.25) is 0 Å². The molecule has 29 heavy (non-hydrogen) atoms. The number of nitrogens with one attached hydrogen (secondary N) is 1. The summed E-state index contributed by atoms with van der Waals surface area (Å²) < 4.78 is 0. The van der Waals surface area contributed by atoms with Crippen LogP contribution in [-0.4, -0.2) is 43.0 Å². The van der Waals surface area contributed by atoms with Crippen LogP contribution in [0.25, 0.3) is 0 Å². The molecule has 0 saturated carbocycles. The monoisotopic (exact) mass is 388 g/mol. The number of pyridine rings is 1. The van der Waals surface area contributed by atoms with E-state index in [1.54, 1.807) is 0 Å². The van der Waals surface area contributed by atoms with Gasteiger partial charge in [-0.2, -0.15) is 0 Å². The lowest BCUT2D eigenvalue weighted by molar-refractivity contribution is 0.102. The van der Waals surface area contributed by atoms with Crippen LogP contribution in [0.4, 0.5) is 17.2 Å². The van der Waals surface area contributed by atoms with Crippen molar-refractivity contribution in [2.75, 3.05) is 37.4 Å². The quantitative estimate of drug-likeness (QED) is 0.606. The van der Waals surface area contributed by atoms with Gasteiger partial charge in [-0.3, -0.25) is 4.79 Å². The van der Waals surface area contributed by atoms with Gasteiger partial charge in [0.05, 0.1) is 5.69 Å². The van der Waals surface area contributed by atoms with Gasteiger partial charge in [0.15, 0.2) is 5.82 Å². The Balaban J connectivity index is 1.93. The van der Waals surface area contributed by atoms with E-state index in [2.05, 4.69) is 41.3 Å². The highest BCUT2D eigenvalue weighted by molar-refractivity contribution is 6.05. The predicted molar refractivity (Wildman–Crippen MR) is 120 cm³/mol. The van der Waals surface area contributed by atoms with E-state index >= 15 is 0 Å². The number of hydrogen-bond acceptors (Lipinski definition) is 4. The van der Waals surface area contributed by atoms with Crippen LogP contribution in [0.2, 0.25) is 0 Å². The normalized spacial score (nSPS) is 10.8.